The smallest absolute Gasteiger partial charge is 0.251 e. The Labute approximate surface area is 202 Å². The number of hydrogen-bond acceptors (Lipinski definition) is 4. The van der Waals surface area contributed by atoms with E-state index in [0.717, 1.165) is 35.3 Å². The van der Waals surface area contributed by atoms with Gasteiger partial charge in [0.1, 0.15) is 18.1 Å². The lowest BCUT2D eigenvalue weighted by atomic mass is 9.79. The summed E-state index contributed by atoms with van der Waals surface area (Å²) >= 11 is 0. The Bertz CT molecular complexity index is 1120. The standard InChI is InChI=1S/C29H34N2O3/c1-28(2)17-24(18-29(3,4)31-28)30-27(33)22-10-8-20(9-11-22)19-34-26-7-5-6-23(16-26)21-12-14-25(32)15-13-21/h5-16,24,31-32H,17-19H2,1-4H3,(H,30,33). The summed E-state index contributed by atoms with van der Waals surface area (Å²) in [6.45, 7) is 9.15. The zero-order valence-electron chi connectivity index (χ0n) is 20.4. The van der Waals surface area contributed by atoms with E-state index in [4.69, 9.17) is 4.74 Å². The molecule has 0 saturated carbocycles. The van der Waals surface area contributed by atoms with Gasteiger partial charge in [-0.3, -0.25) is 4.79 Å². The van der Waals surface area contributed by atoms with E-state index < -0.39 is 0 Å². The van der Waals surface area contributed by atoms with E-state index in [1.54, 1.807) is 12.1 Å². The number of nitrogens with one attached hydrogen (secondary N) is 2. The van der Waals surface area contributed by atoms with Gasteiger partial charge in [-0.05, 0) is 93.6 Å². The van der Waals surface area contributed by atoms with Crippen molar-refractivity contribution in [2.75, 3.05) is 0 Å². The van der Waals surface area contributed by atoms with E-state index >= 15 is 0 Å². The lowest BCUT2D eigenvalue weighted by molar-refractivity contribution is 0.0873. The second kappa shape index (κ2) is 9.51. The van der Waals surface area contributed by atoms with Gasteiger partial charge in [-0.15, -0.1) is 0 Å². The number of piperidine rings is 1. The number of phenols is 1. The first-order valence-electron chi connectivity index (χ1n) is 11.8. The van der Waals surface area contributed by atoms with Gasteiger partial charge >= 0.3 is 0 Å². The van der Waals surface area contributed by atoms with Crippen molar-refractivity contribution >= 4 is 5.91 Å². The maximum atomic E-state index is 12.8. The van der Waals surface area contributed by atoms with Crippen LogP contribution in [0.5, 0.6) is 11.5 Å². The summed E-state index contributed by atoms with van der Waals surface area (Å²) < 4.78 is 5.99. The number of aromatic hydroxyl groups is 1. The minimum Gasteiger partial charge on any atom is -0.508 e. The number of hydrogen-bond donors (Lipinski definition) is 3. The maximum Gasteiger partial charge on any atom is 0.251 e. The number of phenolic OH excluding ortho intramolecular Hbond substituents is 1. The summed E-state index contributed by atoms with van der Waals surface area (Å²) in [6.07, 6.45) is 1.80. The summed E-state index contributed by atoms with van der Waals surface area (Å²) in [5.41, 5.74) is 3.66. The second-order valence-electron chi connectivity index (χ2n) is 10.5. The Kier molecular flexibility index (Phi) is 6.67. The van der Waals surface area contributed by atoms with Crippen molar-refractivity contribution in [3.63, 3.8) is 0 Å². The van der Waals surface area contributed by atoms with Gasteiger partial charge in [0.25, 0.3) is 5.91 Å². The molecule has 5 nitrogen and oxygen atoms in total. The average molecular weight is 459 g/mol. The zero-order valence-corrected chi connectivity index (χ0v) is 20.4. The molecule has 0 spiro atoms. The van der Waals surface area contributed by atoms with Crippen LogP contribution in [0.1, 0.15) is 56.5 Å². The Morgan fingerprint density at radius 1 is 0.941 bits per heavy atom. The Morgan fingerprint density at radius 3 is 2.24 bits per heavy atom. The molecule has 34 heavy (non-hydrogen) atoms. The normalized spacial score (nSPS) is 17.2. The van der Waals surface area contributed by atoms with E-state index in [1.165, 1.54) is 0 Å². The van der Waals surface area contributed by atoms with E-state index in [9.17, 15) is 9.90 Å². The van der Waals surface area contributed by atoms with Gasteiger partial charge in [0.05, 0.1) is 0 Å². The molecule has 5 heteroatoms. The third-order valence-electron chi connectivity index (χ3n) is 6.18. The van der Waals surface area contributed by atoms with Crippen molar-refractivity contribution in [3.05, 3.63) is 83.9 Å². The van der Waals surface area contributed by atoms with Gasteiger partial charge in [-0.25, -0.2) is 0 Å². The van der Waals surface area contributed by atoms with Gasteiger partial charge in [0, 0.05) is 22.7 Å². The molecular formula is C29H34N2O3. The highest BCUT2D eigenvalue weighted by molar-refractivity contribution is 5.94. The van der Waals surface area contributed by atoms with Crippen LogP contribution in [0.2, 0.25) is 0 Å². The van der Waals surface area contributed by atoms with Crippen molar-refractivity contribution < 1.29 is 14.6 Å². The highest BCUT2D eigenvalue weighted by atomic mass is 16.5. The molecule has 1 aliphatic heterocycles. The molecule has 0 aliphatic carbocycles. The summed E-state index contributed by atoms with van der Waals surface area (Å²) in [6, 6.07) is 22.7. The number of benzene rings is 3. The molecule has 1 saturated heterocycles. The lowest BCUT2D eigenvalue weighted by Gasteiger charge is -2.46. The second-order valence-corrected chi connectivity index (χ2v) is 10.5. The minimum atomic E-state index is -0.0347. The fourth-order valence-corrected chi connectivity index (χ4v) is 5.03. The number of carbonyl (C=O) groups is 1. The molecule has 0 unspecified atom stereocenters. The quantitative estimate of drug-likeness (QED) is 0.445. The van der Waals surface area contributed by atoms with E-state index in [0.29, 0.717) is 12.2 Å². The number of ether oxygens (including phenoxy) is 1. The van der Waals surface area contributed by atoms with E-state index in [-0.39, 0.29) is 28.8 Å². The van der Waals surface area contributed by atoms with Gasteiger partial charge in [0.15, 0.2) is 0 Å². The topological polar surface area (TPSA) is 70.6 Å². The van der Waals surface area contributed by atoms with Gasteiger partial charge in [0.2, 0.25) is 0 Å². The molecule has 1 aliphatic rings. The molecule has 0 atom stereocenters. The molecule has 3 aromatic rings. The predicted molar refractivity (Wildman–Crippen MR) is 136 cm³/mol. The minimum absolute atomic E-state index is 0.0134. The van der Waals surface area contributed by atoms with Crippen LogP contribution >= 0.6 is 0 Å². The maximum absolute atomic E-state index is 12.8. The summed E-state index contributed by atoms with van der Waals surface area (Å²) in [5.74, 6) is 0.979. The van der Waals surface area contributed by atoms with Gasteiger partial charge < -0.3 is 20.5 Å². The van der Waals surface area contributed by atoms with Crippen molar-refractivity contribution in [2.45, 2.75) is 64.3 Å². The van der Waals surface area contributed by atoms with Crippen molar-refractivity contribution in [3.8, 4) is 22.6 Å². The molecule has 0 aromatic heterocycles. The van der Waals surface area contributed by atoms with E-state index in [1.807, 2.05) is 60.7 Å². The Balaban J connectivity index is 1.35. The molecule has 178 valence electrons. The summed E-state index contributed by atoms with van der Waals surface area (Å²) in [7, 11) is 0. The third kappa shape index (κ3) is 6.17. The molecule has 1 amide bonds. The highest BCUT2D eigenvalue weighted by Crippen LogP contribution is 2.29. The molecule has 1 heterocycles. The SMILES string of the molecule is CC1(C)CC(NC(=O)c2ccc(COc3cccc(-c4ccc(O)cc4)c3)cc2)CC(C)(C)N1. The van der Waals surface area contributed by atoms with Crippen molar-refractivity contribution in [1.82, 2.24) is 10.6 Å². The van der Waals surface area contributed by atoms with Crippen LogP contribution in [-0.4, -0.2) is 28.1 Å². The number of amides is 1. The average Bonchev–Trinajstić information content (AvgIpc) is 2.76. The number of carbonyl (C=O) groups excluding carboxylic acids is 1. The fourth-order valence-electron chi connectivity index (χ4n) is 5.03. The van der Waals surface area contributed by atoms with Crippen molar-refractivity contribution in [1.29, 1.82) is 0 Å². The van der Waals surface area contributed by atoms with Crippen LogP contribution in [0.3, 0.4) is 0 Å². The molecule has 4 rings (SSSR count). The monoisotopic (exact) mass is 458 g/mol. The third-order valence-corrected chi connectivity index (χ3v) is 6.18. The zero-order chi connectivity index (χ0) is 24.3. The highest BCUT2D eigenvalue weighted by Gasteiger charge is 2.38. The lowest BCUT2D eigenvalue weighted by Crippen LogP contribution is -2.62. The van der Waals surface area contributed by atoms with Crippen LogP contribution in [0.15, 0.2) is 72.8 Å². The van der Waals surface area contributed by atoms with E-state index in [2.05, 4.69) is 38.3 Å². The predicted octanol–water partition coefficient (Wildman–Crippen LogP) is 5.68. The Morgan fingerprint density at radius 2 is 1.59 bits per heavy atom. The number of rotatable bonds is 6. The first kappa shape index (κ1) is 23.8. The first-order valence-corrected chi connectivity index (χ1v) is 11.8. The molecule has 3 N–H and O–H groups in total. The molecule has 0 radical (unpaired) electrons. The summed E-state index contributed by atoms with van der Waals surface area (Å²) in [5, 5.41) is 16.4. The molecule has 1 fully saturated rings. The van der Waals surface area contributed by atoms with Crippen LogP contribution in [0.4, 0.5) is 0 Å². The first-order chi connectivity index (χ1) is 16.1. The van der Waals surface area contributed by atoms with Gasteiger partial charge in [-0.2, -0.15) is 0 Å². The molecule has 3 aromatic carbocycles. The van der Waals surface area contributed by atoms with Crippen LogP contribution < -0.4 is 15.4 Å². The van der Waals surface area contributed by atoms with Gasteiger partial charge in [-0.1, -0.05) is 36.4 Å². The summed E-state index contributed by atoms with van der Waals surface area (Å²) in [4.78, 5) is 12.8. The fraction of sp³-hybridized carbons (Fsp3) is 0.345. The molecule has 0 bridgehead atoms. The Hall–Kier alpha value is -3.31. The largest absolute Gasteiger partial charge is 0.508 e. The van der Waals surface area contributed by atoms with Crippen LogP contribution in [0.25, 0.3) is 11.1 Å². The van der Waals surface area contributed by atoms with Crippen molar-refractivity contribution in [2.24, 2.45) is 0 Å². The van der Waals surface area contributed by atoms with Crippen LogP contribution in [0, 0.1) is 0 Å². The van der Waals surface area contributed by atoms with Crippen LogP contribution in [-0.2, 0) is 6.61 Å². The molecular weight excluding hydrogens is 424 g/mol.